The van der Waals surface area contributed by atoms with Crippen LogP contribution in [-0.4, -0.2) is 9.97 Å². The molecule has 2 aliphatic carbocycles. The quantitative estimate of drug-likeness (QED) is 0.896. The third kappa shape index (κ3) is 1.96. The molecule has 2 aromatic rings. The lowest BCUT2D eigenvalue weighted by Gasteiger charge is -2.14. The van der Waals surface area contributed by atoms with E-state index in [0.717, 1.165) is 42.0 Å². The van der Waals surface area contributed by atoms with Gasteiger partial charge in [-0.05, 0) is 37.8 Å². The molecular weight excluding hydrogens is 238 g/mol. The van der Waals surface area contributed by atoms with Crippen LogP contribution in [0.25, 0.3) is 11.5 Å². The summed E-state index contributed by atoms with van der Waals surface area (Å²) in [5, 5.41) is 0. The molecule has 0 bridgehead atoms. The molecule has 0 unspecified atom stereocenters. The minimum absolute atomic E-state index is 0.0333. The molecule has 4 rings (SSSR count). The molecule has 2 aromatic heterocycles. The van der Waals surface area contributed by atoms with Crippen molar-refractivity contribution in [3.8, 4) is 11.5 Å². The molecule has 0 aliphatic heterocycles. The van der Waals surface area contributed by atoms with Crippen LogP contribution >= 0.6 is 0 Å². The first-order chi connectivity index (χ1) is 9.31. The van der Waals surface area contributed by atoms with E-state index in [1.54, 1.807) is 0 Å². The summed E-state index contributed by atoms with van der Waals surface area (Å²) in [6, 6.07) is 4.11. The normalized spacial score (nSPS) is 22.3. The van der Waals surface area contributed by atoms with Crippen molar-refractivity contribution in [3.63, 3.8) is 0 Å². The van der Waals surface area contributed by atoms with Gasteiger partial charge in [0, 0.05) is 29.8 Å². The molecule has 4 heteroatoms. The number of nitrogens with two attached hydrogens (primary N) is 1. The van der Waals surface area contributed by atoms with Gasteiger partial charge in [0.1, 0.15) is 5.76 Å². The van der Waals surface area contributed by atoms with Gasteiger partial charge in [0.15, 0.2) is 0 Å². The third-order valence-electron chi connectivity index (χ3n) is 4.02. The summed E-state index contributed by atoms with van der Waals surface area (Å²) < 4.78 is 5.90. The average molecular weight is 255 g/mol. The highest BCUT2D eigenvalue weighted by molar-refractivity contribution is 5.54. The van der Waals surface area contributed by atoms with Crippen LogP contribution in [-0.2, 0) is 6.42 Å². The standard InChI is InChI=1S/C15H17N3O/c16-11-2-1-3-13-14(11)18-15(19-13)10-6-7-17-12(8-10)9-4-5-9/h6-9,11H,1-5,16H2/t11-/m0/s1. The van der Waals surface area contributed by atoms with Gasteiger partial charge in [-0.15, -0.1) is 0 Å². The number of pyridine rings is 1. The maximum absolute atomic E-state index is 6.09. The second kappa shape index (κ2) is 4.17. The van der Waals surface area contributed by atoms with E-state index in [-0.39, 0.29) is 6.04 Å². The molecule has 0 radical (unpaired) electrons. The summed E-state index contributed by atoms with van der Waals surface area (Å²) in [6.07, 6.45) is 7.41. The van der Waals surface area contributed by atoms with Gasteiger partial charge in [-0.1, -0.05) is 0 Å². The molecule has 0 saturated heterocycles. The minimum atomic E-state index is 0.0333. The summed E-state index contributed by atoms with van der Waals surface area (Å²) >= 11 is 0. The summed E-state index contributed by atoms with van der Waals surface area (Å²) in [5.41, 5.74) is 9.23. The Kier molecular flexibility index (Phi) is 2.45. The molecule has 2 aliphatic rings. The number of hydrogen-bond acceptors (Lipinski definition) is 4. The Morgan fingerprint density at radius 3 is 2.95 bits per heavy atom. The summed E-state index contributed by atoms with van der Waals surface area (Å²) in [6.45, 7) is 0. The zero-order valence-corrected chi connectivity index (χ0v) is 10.8. The van der Waals surface area contributed by atoms with Gasteiger partial charge in [-0.3, -0.25) is 4.98 Å². The van der Waals surface area contributed by atoms with E-state index in [0.29, 0.717) is 11.8 Å². The Morgan fingerprint density at radius 1 is 1.26 bits per heavy atom. The number of fused-ring (bicyclic) bond motifs is 1. The van der Waals surface area contributed by atoms with Gasteiger partial charge in [0.2, 0.25) is 5.89 Å². The SMILES string of the molecule is N[C@H]1CCCc2oc(-c3ccnc(C4CC4)c3)nc21. The van der Waals surface area contributed by atoms with Crippen LogP contribution in [0.3, 0.4) is 0 Å². The van der Waals surface area contributed by atoms with Crippen molar-refractivity contribution < 1.29 is 4.42 Å². The number of oxazole rings is 1. The molecule has 1 fully saturated rings. The largest absolute Gasteiger partial charge is 0.441 e. The zero-order chi connectivity index (χ0) is 12.8. The first-order valence-electron chi connectivity index (χ1n) is 7.03. The molecule has 0 spiro atoms. The van der Waals surface area contributed by atoms with Crippen LogP contribution < -0.4 is 5.73 Å². The molecule has 0 aromatic carbocycles. The average Bonchev–Trinajstić information content (AvgIpc) is 3.19. The fourth-order valence-corrected chi connectivity index (χ4v) is 2.76. The molecule has 1 saturated carbocycles. The summed E-state index contributed by atoms with van der Waals surface area (Å²) in [4.78, 5) is 9.03. The predicted molar refractivity (Wildman–Crippen MR) is 71.6 cm³/mol. The topological polar surface area (TPSA) is 64.9 Å². The van der Waals surface area contributed by atoms with Gasteiger partial charge in [0.05, 0.1) is 11.7 Å². The Morgan fingerprint density at radius 2 is 2.16 bits per heavy atom. The Hall–Kier alpha value is -1.68. The smallest absolute Gasteiger partial charge is 0.226 e. The van der Waals surface area contributed by atoms with Crippen molar-refractivity contribution in [1.29, 1.82) is 0 Å². The van der Waals surface area contributed by atoms with Gasteiger partial charge < -0.3 is 10.2 Å². The molecule has 98 valence electrons. The fraction of sp³-hybridized carbons (Fsp3) is 0.467. The van der Waals surface area contributed by atoms with Crippen LogP contribution in [0.5, 0.6) is 0 Å². The van der Waals surface area contributed by atoms with Gasteiger partial charge in [-0.2, -0.15) is 0 Å². The molecule has 19 heavy (non-hydrogen) atoms. The van der Waals surface area contributed by atoms with E-state index in [1.165, 1.54) is 12.8 Å². The summed E-state index contributed by atoms with van der Waals surface area (Å²) in [5.74, 6) is 2.32. The Labute approximate surface area is 112 Å². The first kappa shape index (κ1) is 11.2. The number of aryl methyl sites for hydroxylation is 1. The number of aromatic nitrogens is 2. The van der Waals surface area contributed by atoms with E-state index in [2.05, 4.69) is 16.0 Å². The first-order valence-corrected chi connectivity index (χ1v) is 7.03. The van der Waals surface area contributed by atoms with Gasteiger partial charge in [0.25, 0.3) is 0 Å². The third-order valence-corrected chi connectivity index (χ3v) is 4.02. The van der Waals surface area contributed by atoms with Crippen molar-refractivity contribution in [2.75, 3.05) is 0 Å². The second-order valence-electron chi connectivity index (χ2n) is 5.57. The fourth-order valence-electron chi connectivity index (χ4n) is 2.76. The maximum Gasteiger partial charge on any atom is 0.226 e. The lowest BCUT2D eigenvalue weighted by Crippen LogP contribution is -2.16. The van der Waals surface area contributed by atoms with Crippen molar-refractivity contribution in [2.45, 2.75) is 44.1 Å². The van der Waals surface area contributed by atoms with E-state index >= 15 is 0 Å². The van der Waals surface area contributed by atoms with E-state index < -0.39 is 0 Å². The minimum Gasteiger partial charge on any atom is -0.441 e. The molecular formula is C15H17N3O. The highest BCUT2D eigenvalue weighted by Crippen LogP contribution is 2.40. The Balaban J connectivity index is 1.73. The van der Waals surface area contributed by atoms with Crippen molar-refractivity contribution in [3.05, 3.63) is 35.5 Å². The van der Waals surface area contributed by atoms with E-state index in [4.69, 9.17) is 10.2 Å². The lowest BCUT2D eigenvalue weighted by molar-refractivity contribution is 0.460. The van der Waals surface area contributed by atoms with Crippen LogP contribution in [0.2, 0.25) is 0 Å². The zero-order valence-electron chi connectivity index (χ0n) is 10.8. The van der Waals surface area contributed by atoms with Gasteiger partial charge in [-0.25, -0.2) is 4.98 Å². The highest BCUT2D eigenvalue weighted by Gasteiger charge is 2.27. The van der Waals surface area contributed by atoms with Crippen LogP contribution in [0, 0.1) is 0 Å². The maximum atomic E-state index is 6.09. The molecule has 4 nitrogen and oxygen atoms in total. The number of rotatable bonds is 2. The molecule has 2 heterocycles. The van der Waals surface area contributed by atoms with Gasteiger partial charge >= 0.3 is 0 Å². The molecule has 0 amide bonds. The highest BCUT2D eigenvalue weighted by atomic mass is 16.4. The predicted octanol–water partition coefficient (Wildman–Crippen LogP) is 2.95. The summed E-state index contributed by atoms with van der Waals surface area (Å²) in [7, 11) is 0. The van der Waals surface area contributed by atoms with Crippen molar-refractivity contribution in [2.24, 2.45) is 5.73 Å². The molecule has 2 N–H and O–H groups in total. The van der Waals surface area contributed by atoms with Crippen LogP contribution in [0.1, 0.15) is 54.8 Å². The Bertz CT molecular complexity index is 616. The van der Waals surface area contributed by atoms with Crippen LogP contribution in [0.15, 0.2) is 22.7 Å². The second-order valence-corrected chi connectivity index (χ2v) is 5.57. The number of nitrogens with zero attached hydrogens (tertiary/aromatic N) is 2. The van der Waals surface area contributed by atoms with E-state index in [9.17, 15) is 0 Å². The molecule has 1 atom stereocenters. The van der Waals surface area contributed by atoms with Crippen molar-refractivity contribution in [1.82, 2.24) is 9.97 Å². The lowest BCUT2D eigenvalue weighted by atomic mass is 9.98. The van der Waals surface area contributed by atoms with E-state index in [1.807, 2.05) is 12.3 Å². The van der Waals surface area contributed by atoms with Crippen molar-refractivity contribution >= 4 is 0 Å². The van der Waals surface area contributed by atoms with Crippen LogP contribution in [0.4, 0.5) is 0 Å². The monoisotopic (exact) mass is 255 g/mol. The number of hydrogen-bond donors (Lipinski definition) is 1.